The van der Waals surface area contributed by atoms with Crippen LogP contribution in [0, 0.1) is 12.8 Å². The lowest BCUT2D eigenvalue weighted by molar-refractivity contribution is 0.00578. The second-order valence-corrected chi connectivity index (χ2v) is 9.54. The van der Waals surface area contributed by atoms with E-state index in [0.29, 0.717) is 29.8 Å². The van der Waals surface area contributed by atoms with E-state index in [1.54, 1.807) is 17.0 Å². The lowest BCUT2D eigenvalue weighted by Gasteiger charge is -2.33. The molecule has 3 heterocycles. The number of hydrogen-bond acceptors (Lipinski definition) is 4. The molecule has 2 saturated heterocycles. The number of piperidine rings is 1. The molecule has 2 aliphatic rings. The van der Waals surface area contributed by atoms with E-state index in [4.69, 9.17) is 13.7 Å². The first-order chi connectivity index (χ1) is 13.5. The molecule has 2 fully saturated rings. The quantitative estimate of drug-likeness (QED) is 0.718. The SMILES string of the molecule is Cc1c(B2OC(C)(C)C(C)(C)O2)oc2cc(C(=O)N3C[C@H](C)C[C@@H](F)C3)ccc12. The minimum Gasteiger partial charge on any atom is -0.464 e. The number of amides is 1. The highest BCUT2D eigenvalue weighted by Crippen LogP contribution is 2.37. The number of aryl methyl sites for hydroxylation is 1. The molecule has 2 aromatic rings. The second-order valence-electron chi connectivity index (χ2n) is 9.54. The minimum absolute atomic E-state index is 0.150. The van der Waals surface area contributed by atoms with Crippen molar-refractivity contribution in [1.82, 2.24) is 4.90 Å². The van der Waals surface area contributed by atoms with Crippen molar-refractivity contribution in [2.75, 3.05) is 13.1 Å². The molecule has 2 aliphatic heterocycles. The third-order valence-electron chi connectivity index (χ3n) is 6.59. The molecule has 0 aliphatic carbocycles. The van der Waals surface area contributed by atoms with Gasteiger partial charge in [0.15, 0.2) is 0 Å². The van der Waals surface area contributed by atoms with Crippen molar-refractivity contribution in [3.8, 4) is 0 Å². The van der Waals surface area contributed by atoms with E-state index in [-0.39, 0.29) is 18.4 Å². The molecule has 0 unspecified atom stereocenters. The molecule has 1 amide bonds. The molecule has 1 aromatic heterocycles. The average Bonchev–Trinajstić information content (AvgIpc) is 3.06. The maximum atomic E-state index is 13.9. The molecule has 4 rings (SSSR count). The standard InChI is InChI=1S/C22H29BFNO4/c1-13-9-16(24)12-25(11-13)20(26)15-7-8-17-14(2)19(27-18(17)10-15)23-28-21(3,4)22(5,6)29-23/h7-8,10,13,16H,9,11-12H2,1-6H3/t13-,16-/m1/s1. The van der Waals surface area contributed by atoms with Crippen LogP contribution in [0.3, 0.4) is 0 Å². The van der Waals surface area contributed by atoms with Gasteiger partial charge in [0.05, 0.1) is 17.7 Å². The monoisotopic (exact) mass is 401 g/mol. The highest BCUT2D eigenvalue weighted by atomic mass is 19.1. The van der Waals surface area contributed by atoms with E-state index in [9.17, 15) is 9.18 Å². The van der Waals surface area contributed by atoms with Crippen LogP contribution in [0.25, 0.3) is 11.0 Å². The van der Waals surface area contributed by atoms with Gasteiger partial charge in [-0.3, -0.25) is 4.79 Å². The fourth-order valence-corrected chi connectivity index (χ4v) is 4.18. The number of carbonyl (C=O) groups is 1. The van der Waals surface area contributed by atoms with Crippen LogP contribution in [0.4, 0.5) is 4.39 Å². The van der Waals surface area contributed by atoms with Crippen molar-refractivity contribution < 1.29 is 22.9 Å². The minimum atomic E-state index is -0.965. The van der Waals surface area contributed by atoms with Crippen molar-refractivity contribution >= 4 is 29.7 Å². The maximum absolute atomic E-state index is 13.9. The normalized spacial score (nSPS) is 26.3. The van der Waals surface area contributed by atoms with Crippen LogP contribution in [0.5, 0.6) is 0 Å². The molecule has 29 heavy (non-hydrogen) atoms. The van der Waals surface area contributed by atoms with Crippen LogP contribution >= 0.6 is 0 Å². The lowest BCUT2D eigenvalue weighted by atomic mass is 9.83. The van der Waals surface area contributed by atoms with Crippen LogP contribution in [0.2, 0.25) is 0 Å². The number of nitrogens with zero attached hydrogens (tertiary/aromatic N) is 1. The summed E-state index contributed by atoms with van der Waals surface area (Å²) in [4.78, 5) is 14.5. The number of rotatable bonds is 2. The Morgan fingerprint density at radius 2 is 1.83 bits per heavy atom. The maximum Gasteiger partial charge on any atom is 0.533 e. The first kappa shape index (κ1) is 20.4. The van der Waals surface area contributed by atoms with Crippen LogP contribution in [0.15, 0.2) is 22.6 Å². The summed E-state index contributed by atoms with van der Waals surface area (Å²) in [5, 5.41) is 0.918. The van der Waals surface area contributed by atoms with Gasteiger partial charge in [0.25, 0.3) is 5.91 Å². The molecule has 156 valence electrons. The number of furan rings is 1. The van der Waals surface area contributed by atoms with Crippen LogP contribution in [-0.2, 0) is 9.31 Å². The molecule has 0 saturated carbocycles. The van der Waals surface area contributed by atoms with E-state index >= 15 is 0 Å². The Hall–Kier alpha value is -1.86. The predicted molar refractivity (Wildman–Crippen MR) is 111 cm³/mol. The Balaban J connectivity index is 1.63. The van der Waals surface area contributed by atoms with E-state index in [1.807, 2.05) is 47.6 Å². The van der Waals surface area contributed by atoms with Crippen LogP contribution in [0.1, 0.15) is 57.0 Å². The highest BCUT2D eigenvalue weighted by molar-refractivity contribution is 6.61. The van der Waals surface area contributed by atoms with E-state index < -0.39 is 24.5 Å². The molecule has 2 atom stereocenters. The van der Waals surface area contributed by atoms with Crippen molar-refractivity contribution in [2.45, 2.75) is 65.3 Å². The molecule has 1 aromatic carbocycles. The fourth-order valence-electron chi connectivity index (χ4n) is 4.18. The lowest BCUT2D eigenvalue weighted by Crippen LogP contribution is -2.44. The summed E-state index contributed by atoms with van der Waals surface area (Å²) in [5.41, 5.74) is 1.76. The number of carbonyl (C=O) groups excluding carboxylic acids is 1. The van der Waals surface area contributed by atoms with Crippen molar-refractivity contribution in [3.63, 3.8) is 0 Å². The molecular weight excluding hydrogens is 372 g/mol. The Bertz CT molecular complexity index is 928. The summed E-state index contributed by atoms with van der Waals surface area (Å²) in [6.45, 7) is 12.7. The van der Waals surface area contributed by atoms with Crippen molar-refractivity contribution in [2.24, 2.45) is 5.92 Å². The van der Waals surface area contributed by atoms with Gasteiger partial charge in [-0.05, 0) is 64.7 Å². The first-order valence-electron chi connectivity index (χ1n) is 10.3. The van der Waals surface area contributed by atoms with Gasteiger partial charge in [0.1, 0.15) is 17.4 Å². The smallest absolute Gasteiger partial charge is 0.464 e. The van der Waals surface area contributed by atoms with Gasteiger partial charge >= 0.3 is 7.12 Å². The Kier molecular flexibility index (Phi) is 4.82. The topological polar surface area (TPSA) is 51.9 Å². The zero-order valence-corrected chi connectivity index (χ0v) is 18.0. The Morgan fingerprint density at radius 1 is 1.17 bits per heavy atom. The van der Waals surface area contributed by atoms with Crippen LogP contribution in [-0.4, -0.2) is 48.4 Å². The van der Waals surface area contributed by atoms with E-state index in [1.165, 1.54) is 0 Å². The van der Waals surface area contributed by atoms with Gasteiger partial charge < -0.3 is 18.6 Å². The van der Waals surface area contributed by atoms with E-state index in [2.05, 4.69) is 0 Å². The first-order valence-corrected chi connectivity index (χ1v) is 10.3. The Labute approximate surface area is 171 Å². The average molecular weight is 401 g/mol. The second kappa shape index (κ2) is 6.84. The van der Waals surface area contributed by atoms with Gasteiger partial charge in [-0.25, -0.2) is 4.39 Å². The molecule has 0 spiro atoms. The van der Waals surface area contributed by atoms with Crippen LogP contribution < -0.4 is 5.66 Å². The molecule has 0 radical (unpaired) electrons. The van der Waals surface area contributed by atoms with Crippen molar-refractivity contribution in [3.05, 3.63) is 29.3 Å². The summed E-state index contributed by atoms with van der Waals surface area (Å²) in [5.74, 6) is -0.000371. The molecule has 0 N–H and O–H groups in total. The molecular formula is C22H29BFNO4. The zero-order chi connectivity index (χ0) is 21.1. The summed E-state index contributed by atoms with van der Waals surface area (Å²) in [6, 6.07) is 5.41. The number of alkyl halides is 1. The summed E-state index contributed by atoms with van der Waals surface area (Å²) in [6.07, 6.45) is -0.454. The highest BCUT2D eigenvalue weighted by Gasteiger charge is 2.53. The van der Waals surface area contributed by atoms with Gasteiger partial charge in [0.2, 0.25) is 0 Å². The molecule has 0 bridgehead atoms. The number of hydrogen-bond donors (Lipinski definition) is 0. The summed E-state index contributed by atoms with van der Waals surface area (Å²) >= 11 is 0. The van der Waals surface area contributed by atoms with Gasteiger partial charge in [-0.1, -0.05) is 13.0 Å². The molecule has 7 heteroatoms. The Morgan fingerprint density at radius 3 is 2.45 bits per heavy atom. The third kappa shape index (κ3) is 3.48. The summed E-state index contributed by atoms with van der Waals surface area (Å²) in [7, 11) is -0.596. The number of benzene rings is 1. The van der Waals surface area contributed by atoms with Gasteiger partial charge in [-0.15, -0.1) is 0 Å². The largest absolute Gasteiger partial charge is 0.533 e. The number of halogens is 1. The van der Waals surface area contributed by atoms with E-state index in [0.717, 1.165) is 10.9 Å². The zero-order valence-electron chi connectivity index (χ0n) is 18.0. The van der Waals surface area contributed by atoms with Crippen molar-refractivity contribution in [1.29, 1.82) is 0 Å². The summed E-state index contributed by atoms with van der Waals surface area (Å²) < 4.78 is 32.3. The van der Waals surface area contributed by atoms with Gasteiger partial charge in [-0.2, -0.15) is 0 Å². The third-order valence-corrected chi connectivity index (χ3v) is 6.59. The molecule has 5 nitrogen and oxygen atoms in total. The number of fused-ring (bicyclic) bond motifs is 1. The number of likely N-dealkylation sites (tertiary alicyclic amines) is 1. The predicted octanol–water partition coefficient (Wildman–Crippen LogP) is 3.86. The fraction of sp³-hybridized carbons (Fsp3) is 0.591. The van der Waals surface area contributed by atoms with Gasteiger partial charge in [0, 0.05) is 17.5 Å².